The number of sulfone groups is 1. The summed E-state index contributed by atoms with van der Waals surface area (Å²) in [6, 6.07) is 0. The number of hydrogen-bond donors (Lipinski definition) is 1. The fraction of sp³-hybridized carbons (Fsp3) is 0.833. The van der Waals surface area contributed by atoms with Gasteiger partial charge < -0.3 is 0 Å². The minimum atomic E-state index is -3.23. The normalized spacial score (nSPS) is 14.7. The van der Waals surface area contributed by atoms with Crippen molar-refractivity contribution in [1.29, 1.82) is 5.41 Å². The molecule has 0 aliphatic rings. The molecule has 0 rings (SSSR count). The Balaban J connectivity index is 4.40. The maximum absolute atomic E-state index is 10.7. The Morgan fingerprint density at radius 3 is 2.10 bits per heavy atom. The Hall–Kier alpha value is -0.380. The van der Waals surface area contributed by atoms with E-state index in [-0.39, 0.29) is 11.0 Å². The molecule has 10 heavy (non-hydrogen) atoms. The van der Waals surface area contributed by atoms with E-state index in [9.17, 15) is 8.42 Å². The van der Waals surface area contributed by atoms with Gasteiger partial charge in [-0.05, 0) is 6.42 Å². The SMILES string of the molecule is CCC(C)C(=N)S(C)(=O)=O. The molecule has 0 aromatic heterocycles. The van der Waals surface area contributed by atoms with Crippen LogP contribution in [0.4, 0.5) is 0 Å². The van der Waals surface area contributed by atoms with Gasteiger partial charge in [0, 0.05) is 12.2 Å². The van der Waals surface area contributed by atoms with Gasteiger partial charge in [-0.1, -0.05) is 13.8 Å². The summed E-state index contributed by atoms with van der Waals surface area (Å²) in [4.78, 5) is 0. The van der Waals surface area contributed by atoms with E-state index in [4.69, 9.17) is 5.41 Å². The minimum absolute atomic E-state index is 0.144. The van der Waals surface area contributed by atoms with Crippen LogP contribution >= 0.6 is 0 Å². The average Bonchev–Trinajstić information content (AvgIpc) is 1.83. The molecule has 0 heterocycles. The zero-order chi connectivity index (χ0) is 8.36. The highest BCUT2D eigenvalue weighted by molar-refractivity contribution is 8.05. The molecule has 0 bridgehead atoms. The first-order valence-corrected chi connectivity index (χ1v) is 5.07. The summed E-state index contributed by atoms with van der Waals surface area (Å²) in [5.41, 5.74) is 0. The molecule has 0 spiro atoms. The zero-order valence-corrected chi connectivity index (χ0v) is 7.33. The molecule has 0 radical (unpaired) electrons. The van der Waals surface area contributed by atoms with Gasteiger partial charge in [0.05, 0.1) is 0 Å². The van der Waals surface area contributed by atoms with Crippen molar-refractivity contribution in [2.75, 3.05) is 6.26 Å². The van der Waals surface area contributed by atoms with E-state index in [1.54, 1.807) is 6.92 Å². The second-order valence-electron chi connectivity index (χ2n) is 2.45. The number of nitrogens with one attached hydrogen (secondary N) is 1. The van der Waals surface area contributed by atoms with Crippen molar-refractivity contribution in [3.8, 4) is 0 Å². The highest BCUT2D eigenvalue weighted by Gasteiger charge is 2.16. The van der Waals surface area contributed by atoms with Crippen LogP contribution in [0.5, 0.6) is 0 Å². The van der Waals surface area contributed by atoms with E-state index >= 15 is 0 Å². The lowest BCUT2D eigenvalue weighted by atomic mass is 10.1. The molecule has 0 aromatic rings. The van der Waals surface area contributed by atoms with E-state index in [0.717, 1.165) is 6.26 Å². The minimum Gasteiger partial charge on any atom is -0.293 e. The Labute approximate surface area is 61.9 Å². The summed E-state index contributed by atoms with van der Waals surface area (Å²) in [5.74, 6) is -0.144. The summed E-state index contributed by atoms with van der Waals surface area (Å²) in [6.45, 7) is 3.60. The molecular weight excluding hydrogens is 150 g/mol. The van der Waals surface area contributed by atoms with Crippen LogP contribution in [0.15, 0.2) is 0 Å². The second-order valence-corrected chi connectivity index (χ2v) is 4.43. The molecule has 0 aliphatic carbocycles. The lowest BCUT2D eigenvalue weighted by molar-refractivity contribution is 0.607. The quantitative estimate of drug-likeness (QED) is 0.488. The summed E-state index contributed by atoms with van der Waals surface area (Å²) in [7, 11) is -3.23. The predicted octanol–water partition coefficient (Wildman–Crippen LogP) is 1.05. The van der Waals surface area contributed by atoms with Gasteiger partial charge in [0.25, 0.3) is 0 Å². The van der Waals surface area contributed by atoms with Crippen LogP contribution in [0.3, 0.4) is 0 Å². The van der Waals surface area contributed by atoms with Gasteiger partial charge in [0.1, 0.15) is 5.04 Å². The fourth-order valence-electron chi connectivity index (χ4n) is 0.551. The van der Waals surface area contributed by atoms with Gasteiger partial charge in [-0.25, -0.2) is 8.42 Å². The summed E-state index contributed by atoms with van der Waals surface area (Å²) in [5, 5.41) is 7.00. The Morgan fingerprint density at radius 1 is 1.60 bits per heavy atom. The van der Waals surface area contributed by atoms with Crippen LogP contribution in [0.2, 0.25) is 0 Å². The van der Waals surface area contributed by atoms with Crippen molar-refractivity contribution in [1.82, 2.24) is 0 Å². The maximum atomic E-state index is 10.7. The molecule has 0 aromatic carbocycles. The lowest BCUT2D eigenvalue weighted by Crippen LogP contribution is -2.19. The van der Waals surface area contributed by atoms with Crippen LogP contribution in [0.25, 0.3) is 0 Å². The number of hydrogen-bond acceptors (Lipinski definition) is 3. The maximum Gasteiger partial charge on any atom is 0.188 e. The topological polar surface area (TPSA) is 58.0 Å². The summed E-state index contributed by atoms with van der Waals surface area (Å²) < 4.78 is 21.4. The molecule has 0 saturated carbocycles. The first-order chi connectivity index (χ1) is 4.39. The third kappa shape index (κ3) is 2.47. The van der Waals surface area contributed by atoms with Crippen molar-refractivity contribution in [2.24, 2.45) is 5.92 Å². The Kier molecular flexibility index (Phi) is 3.02. The van der Waals surface area contributed by atoms with Crippen molar-refractivity contribution in [2.45, 2.75) is 20.3 Å². The van der Waals surface area contributed by atoms with Gasteiger partial charge in [-0.2, -0.15) is 0 Å². The summed E-state index contributed by atoms with van der Waals surface area (Å²) >= 11 is 0. The van der Waals surface area contributed by atoms with Gasteiger partial charge in [-0.15, -0.1) is 0 Å². The molecule has 1 atom stereocenters. The van der Waals surface area contributed by atoms with E-state index in [2.05, 4.69) is 0 Å². The van der Waals surface area contributed by atoms with Gasteiger partial charge in [-0.3, -0.25) is 5.41 Å². The molecule has 0 fully saturated rings. The van der Waals surface area contributed by atoms with Crippen LogP contribution in [-0.4, -0.2) is 19.7 Å². The zero-order valence-electron chi connectivity index (χ0n) is 6.51. The monoisotopic (exact) mass is 163 g/mol. The van der Waals surface area contributed by atoms with Crippen molar-refractivity contribution >= 4 is 14.9 Å². The second kappa shape index (κ2) is 3.14. The molecule has 3 nitrogen and oxygen atoms in total. The molecule has 0 saturated heterocycles. The highest BCUT2D eigenvalue weighted by Crippen LogP contribution is 2.06. The third-order valence-corrected chi connectivity index (χ3v) is 2.66. The van der Waals surface area contributed by atoms with Gasteiger partial charge in [0.15, 0.2) is 9.84 Å². The first-order valence-electron chi connectivity index (χ1n) is 3.18. The molecule has 1 N–H and O–H groups in total. The Bertz CT molecular complexity index is 218. The molecule has 4 heteroatoms. The Morgan fingerprint density at radius 2 is 2.00 bits per heavy atom. The lowest BCUT2D eigenvalue weighted by Gasteiger charge is -2.06. The van der Waals surface area contributed by atoms with E-state index in [0.29, 0.717) is 6.42 Å². The van der Waals surface area contributed by atoms with Crippen molar-refractivity contribution < 1.29 is 8.42 Å². The van der Waals surface area contributed by atoms with Crippen LogP contribution < -0.4 is 0 Å². The molecule has 0 aliphatic heterocycles. The smallest absolute Gasteiger partial charge is 0.188 e. The average molecular weight is 163 g/mol. The highest BCUT2D eigenvalue weighted by atomic mass is 32.2. The number of rotatable bonds is 2. The molecule has 0 amide bonds. The van der Waals surface area contributed by atoms with Crippen LogP contribution in [0, 0.1) is 11.3 Å². The molecule has 1 unspecified atom stereocenters. The van der Waals surface area contributed by atoms with Gasteiger partial charge in [0.2, 0.25) is 0 Å². The van der Waals surface area contributed by atoms with E-state index in [1.165, 1.54) is 0 Å². The van der Waals surface area contributed by atoms with E-state index < -0.39 is 9.84 Å². The molecular formula is C6H13NO2S. The fourth-order valence-corrected chi connectivity index (χ4v) is 1.45. The van der Waals surface area contributed by atoms with Crippen LogP contribution in [0.1, 0.15) is 20.3 Å². The third-order valence-electron chi connectivity index (χ3n) is 1.46. The standard InChI is InChI=1S/C6H13NO2S/c1-4-5(2)6(7)10(3,8)9/h5,7H,4H2,1-3H3. The first kappa shape index (κ1) is 9.62. The summed E-state index contributed by atoms with van der Waals surface area (Å²) in [6.07, 6.45) is 1.77. The predicted molar refractivity (Wildman–Crippen MR) is 42.0 cm³/mol. The van der Waals surface area contributed by atoms with Gasteiger partial charge >= 0.3 is 0 Å². The van der Waals surface area contributed by atoms with Crippen molar-refractivity contribution in [3.05, 3.63) is 0 Å². The van der Waals surface area contributed by atoms with Crippen LogP contribution in [-0.2, 0) is 9.84 Å². The van der Waals surface area contributed by atoms with Crippen molar-refractivity contribution in [3.63, 3.8) is 0 Å². The molecule has 60 valence electrons. The largest absolute Gasteiger partial charge is 0.293 e. The van der Waals surface area contributed by atoms with E-state index in [1.807, 2.05) is 6.92 Å².